The second kappa shape index (κ2) is 42.8. The predicted molar refractivity (Wildman–Crippen MR) is 307 cm³/mol. The molecular formula is C62H98O16. The highest BCUT2D eigenvalue weighted by molar-refractivity contribution is 5.43. The lowest BCUT2D eigenvalue weighted by Gasteiger charge is -2.19. The predicted octanol–water partition coefficient (Wildman–Crippen LogP) is 11.6. The summed E-state index contributed by atoms with van der Waals surface area (Å²) in [5, 5.41) is 0. The molecular weight excluding hydrogens is 1000 g/mol. The summed E-state index contributed by atoms with van der Waals surface area (Å²) in [7, 11) is 11.6. The summed E-state index contributed by atoms with van der Waals surface area (Å²) in [5.41, 5.74) is 4.37. The number of hydrogen-bond acceptors (Lipinski definition) is 16. The lowest BCUT2D eigenvalue weighted by atomic mass is 9.88. The molecule has 0 radical (unpaired) electrons. The van der Waals surface area contributed by atoms with Crippen molar-refractivity contribution in [2.24, 2.45) is 17.3 Å². The molecule has 0 aromatic heterocycles. The molecule has 16 heteroatoms. The largest absolute Gasteiger partial charge is 0.491 e. The van der Waals surface area contributed by atoms with Crippen LogP contribution in [0, 0.1) is 17.3 Å². The van der Waals surface area contributed by atoms with E-state index in [0.29, 0.717) is 140 Å². The lowest BCUT2D eigenvalue weighted by molar-refractivity contribution is 0.0677. The van der Waals surface area contributed by atoms with E-state index < -0.39 is 0 Å². The van der Waals surface area contributed by atoms with E-state index in [-0.39, 0.29) is 5.41 Å². The quantitative estimate of drug-likeness (QED) is 0.0389. The Balaban J connectivity index is 0.000000531. The molecule has 0 amide bonds. The molecule has 0 unspecified atom stereocenters. The zero-order valence-corrected chi connectivity index (χ0v) is 50.0. The van der Waals surface area contributed by atoms with E-state index in [1.807, 2.05) is 48.5 Å². The van der Waals surface area contributed by atoms with Crippen LogP contribution >= 0.6 is 0 Å². The van der Waals surface area contributed by atoms with E-state index in [1.165, 1.54) is 18.4 Å². The molecule has 0 aliphatic heterocycles. The lowest BCUT2D eigenvalue weighted by Crippen LogP contribution is -2.11. The van der Waals surface area contributed by atoms with Crippen LogP contribution in [-0.2, 0) is 64.0 Å². The van der Waals surface area contributed by atoms with Gasteiger partial charge in [0.2, 0.25) is 0 Å². The molecule has 16 nitrogen and oxygen atoms in total. The minimum absolute atomic E-state index is 0.217. The van der Waals surface area contributed by atoms with Gasteiger partial charge in [0.15, 0.2) is 0 Å². The van der Waals surface area contributed by atoms with Gasteiger partial charge in [0.1, 0.15) is 98.9 Å². The molecule has 0 fully saturated rings. The SMILES string of the molecule is COCCOCCCC(C)C.COCCOc1cc(CC(C)(C)C)cc(OCCOC)c1.COCCOc1cc(COc2cc(CC(C)C)cc(OCc3cc(OCCOC)cc(OCCOC)c3)c2)cc(OCCOC)c1. The van der Waals surface area contributed by atoms with Crippen molar-refractivity contribution in [3.8, 4) is 46.0 Å². The van der Waals surface area contributed by atoms with Crippen molar-refractivity contribution in [3.05, 3.63) is 95.1 Å². The summed E-state index contributed by atoms with van der Waals surface area (Å²) in [4.78, 5) is 0. The molecule has 0 N–H and O–H groups in total. The number of ether oxygens (including phenoxy) is 16. The van der Waals surface area contributed by atoms with Gasteiger partial charge in [-0.15, -0.1) is 0 Å². The van der Waals surface area contributed by atoms with Gasteiger partial charge < -0.3 is 75.8 Å². The Hall–Kier alpha value is -5.04. The topological polar surface area (TPSA) is 148 Å². The van der Waals surface area contributed by atoms with Crippen LogP contribution in [0.4, 0.5) is 0 Å². The van der Waals surface area contributed by atoms with Gasteiger partial charge in [-0.3, -0.25) is 0 Å². The third kappa shape index (κ3) is 34.8. The molecule has 0 saturated heterocycles. The van der Waals surface area contributed by atoms with Crippen LogP contribution in [0.1, 0.15) is 83.6 Å². The Morgan fingerprint density at radius 3 is 0.872 bits per heavy atom. The maximum Gasteiger partial charge on any atom is 0.123 e. The standard InChI is InChI=1S/C36H50O10.C17H28O4.C9H20O2/c1-27(2)15-28-16-35(45-25-29-18-31(41-11-7-37-3)22-32(19-29)42-12-8-38-4)24-36(17-28)46-26-30-20-33(43-13-9-39-5)23-34(21-30)44-14-10-40-6;1-17(2,3)13-14-10-15(20-8-6-18-4)12-16(11-14)21-9-7-19-5;1-9(2)5-4-6-11-8-7-10-3/h16-24,27H,7-15,25-26H2,1-6H3;10-12H,6-9,13H2,1-5H3;9H,4-8H2,1-3H3. The average molecular weight is 1100 g/mol. The molecule has 0 aliphatic rings. The zero-order chi connectivity index (χ0) is 57.2. The Labute approximate surface area is 468 Å². The Bertz CT molecular complexity index is 1930. The number of benzene rings is 4. The van der Waals surface area contributed by atoms with E-state index >= 15 is 0 Å². The Kier molecular flexibility index (Phi) is 37.9. The third-order valence-electron chi connectivity index (χ3n) is 10.8. The highest BCUT2D eigenvalue weighted by atomic mass is 16.6. The fourth-order valence-corrected chi connectivity index (χ4v) is 7.29. The molecule has 4 aromatic carbocycles. The molecule has 0 heterocycles. The van der Waals surface area contributed by atoms with Gasteiger partial charge in [-0.2, -0.15) is 0 Å². The maximum atomic E-state index is 6.31. The molecule has 0 saturated carbocycles. The van der Waals surface area contributed by atoms with Crippen LogP contribution in [0.3, 0.4) is 0 Å². The van der Waals surface area contributed by atoms with Crippen LogP contribution in [0.25, 0.3) is 0 Å². The van der Waals surface area contributed by atoms with Crippen molar-refractivity contribution < 1.29 is 75.8 Å². The molecule has 0 spiro atoms. The molecule has 0 bridgehead atoms. The Morgan fingerprint density at radius 1 is 0.308 bits per heavy atom. The van der Waals surface area contributed by atoms with Gasteiger partial charge in [-0.25, -0.2) is 0 Å². The van der Waals surface area contributed by atoms with Gasteiger partial charge in [-0.1, -0.05) is 48.5 Å². The van der Waals surface area contributed by atoms with E-state index in [2.05, 4.69) is 72.7 Å². The fourth-order valence-electron chi connectivity index (χ4n) is 7.29. The smallest absolute Gasteiger partial charge is 0.123 e. The maximum absolute atomic E-state index is 6.31. The van der Waals surface area contributed by atoms with Crippen LogP contribution in [0.15, 0.2) is 72.8 Å². The minimum atomic E-state index is 0.217. The Morgan fingerprint density at radius 2 is 0.590 bits per heavy atom. The molecule has 0 atom stereocenters. The van der Waals surface area contributed by atoms with Gasteiger partial charge in [-0.05, 0) is 114 Å². The summed E-state index contributed by atoms with van der Waals surface area (Å²) in [6.07, 6.45) is 4.28. The normalized spacial score (nSPS) is 11.1. The fraction of sp³-hybridized carbons (Fsp3) is 0.613. The summed E-state index contributed by atoms with van der Waals surface area (Å²) < 4.78 is 88.2. The van der Waals surface area contributed by atoms with Gasteiger partial charge >= 0.3 is 0 Å². The summed E-state index contributed by atoms with van der Waals surface area (Å²) in [6.45, 7) is 24.3. The van der Waals surface area contributed by atoms with Crippen LogP contribution < -0.4 is 37.9 Å². The molecule has 78 heavy (non-hydrogen) atoms. The second-order valence-corrected chi connectivity index (χ2v) is 20.4. The summed E-state index contributed by atoms with van der Waals surface area (Å²) in [5.74, 6) is 7.04. The van der Waals surface area contributed by atoms with E-state index in [1.54, 1.807) is 49.8 Å². The number of rotatable bonds is 40. The molecule has 442 valence electrons. The van der Waals surface area contributed by atoms with Gasteiger partial charge in [0, 0.05) is 80.6 Å². The monoisotopic (exact) mass is 1100 g/mol. The number of hydrogen-bond donors (Lipinski definition) is 0. The first-order chi connectivity index (χ1) is 37.6. The first-order valence-electron chi connectivity index (χ1n) is 27.2. The zero-order valence-electron chi connectivity index (χ0n) is 50.0. The van der Waals surface area contributed by atoms with Crippen molar-refractivity contribution in [3.63, 3.8) is 0 Å². The van der Waals surface area contributed by atoms with Gasteiger partial charge in [0.05, 0.1) is 52.9 Å². The molecule has 4 rings (SSSR count). The van der Waals surface area contributed by atoms with Crippen molar-refractivity contribution in [1.29, 1.82) is 0 Å². The van der Waals surface area contributed by atoms with Crippen LogP contribution in [0.5, 0.6) is 46.0 Å². The van der Waals surface area contributed by atoms with Gasteiger partial charge in [0.25, 0.3) is 0 Å². The summed E-state index contributed by atoms with van der Waals surface area (Å²) in [6, 6.07) is 23.6. The third-order valence-corrected chi connectivity index (χ3v) is 10.8. The summed E-state index contributed by atoms with van der Waals surface area (Å²) >= 11 is 0. The second-order valence-electron chi connectivity index (χ2n) is 20.4. The van der Waals surface area contributed by atoms with E-state index in [0.717, 1.165) is 60.2 Å². The van der Waals surface area contributed by atoms with Crippen LogP contribution in [0.2, 0.25) is 0 Å². The van der Waals surface area contributed by atoms with E-state index in [4.69, 9.17) is 75.8 Å². The first kappa shape index (κ1) is 69.1. The first-order valence-corrected chi connectivity index (χ1v) is 27.2. The highest BCUT2D eigenvalue weighted by Gasteiger charge is 2.15. The van der Waals surface area contributed by atoms with Crippen molar-refractivity contribution in [2.45, 2.75) is 87.4 Å². The van der Waals surface area contributed by atoms with Crippen molar-refractivity contribution in [2.75, 3.05) is 149 Å². The number of methoxy groups -OCH3 is 7. The highest BCUT2D eigenvalue weighted by Crippen LogP contribution is 2.31. The molecule has 4 aromatic rings. The molecule has 0 aliphatic carbocycles. The average Bonchev–Trinajstić information content (AvgIpc) is 3.38. The van der Waals surface area contributed by atoms with E-state index in [9.17, 15) is 0 Å². The van der Waals surface area contributed by atoms with Crippen LogP contribution in [-0.4, -0.2) is 149 Å². The van der Waals surface area contributed by atoms with Crippen molar-refractivity contribution >= 4 is 0 Å². The minimum Gasteiger partial charge on any atom is -0.491 e. The van der Waals surface area contributed by atoms with Crippen molar-refractivity contribution in [1.82, 2.24) is 0 Å².